The van der Waals surface area contributed by atoms with Gasteiger partial charge in [-0.2, -0.15) is 0 Å². The molecule has 0 saturated carbocycles. The molecule has 0 spiro atoms. The number of nitrogens with zero attached hydrogens (tertiary/aromatic N) is 1. The van der Waals surface area contributed by atoms with Gasteiger partial charge >= 0.3 is 0 Å². The van der Waals surface area contributed by atoms with E-state index in [4.69, 9.17) is 11.6 Å². The minimum Gasteiger partial charge on any atom is -0.356 e. The zero-order valence-electron chi connectivity index (χ0n) is 17.7. The van der Waals surface area contributed by atoms with Crippen LogP contribution < -0.4 is 10.6 Å². The number of amides is 3. The van der Waals surface area contributed by atoms with Crippen molar-refractivity contribution in [3.8, 4) is 0 Å². The molecule has 2 aromatic carbocycles. The zero-order chi connectivity index (χ0) is 22.2. The van der Waals surface area contributed by atoms with E-state index in [1.807, 2.05) is 0 Å². The first-order valence-electron chi connectivity index (χ1n) is 10.7. The molecular formula is C24H28ClN3O3. The number of unbranched alkanes of at least 4 members (excludes halogenated alkanes) is 1. The van der Waals surface area contributed by atoms with Gasteiger partial charge in [0, 0.05) is 41.5 Å². The van der Waals surface area contributed by atoms with Crippen LogP contribution in [0.25, 0.3) is 0 Å². The summed E-state index contributed by atoms with van der Waals surface area (Å²) in [5, 5.41) is 6.34. The number of benzene rings is 2. The highest BCUT2D eigenvalue weighted by Gasteiger charge is 2.28. The molecule has 0 aromatic heterocycles. The number of likely N-dealkylation sites (tertiary alicyclic amines) is 1. The Morgan fingerprint density at radius 2 is 1.87 bits per heavy atom. The molecule has 2 N–H and O–H groups in total. The minimum absolute atomic E-state index is 0.0231. The SMILES string of the molecule is CCCCNC(=O)[C@@H]1CCCN(C(=O)c2cccc(NC(=O)c3ccc(Cl)cc3)c2)C1. The third kappa shape index (κ3) is 6.31. The van der Waals surface area contributed by atoms with Crippen molar-refractivity contribution in [1.82, 2.24) is 10.2 Å². The average Bonchev–Trinajstić information content (AvgIpc) is 2.79. The number of rotatable bonds is 7. The van der Waals surface area contributed by atoms with Crippen LogP contribution in [0.3, 0.4) is 0 Å². The van der Waals surface area contributed by atoms with Gasteiger partial charge in [0.1, 0.15) is 0 Å². The second-order valence-corrected chi connectivity index (χ2v) is 8.21. The Morgan fingerprint density at radius 3 is 2.61 bits per heavy atom. The Bertz CT molecular complexity index is 930. The Kier molecular flexibility index (Phi) is 8.06. The van der Waals surface area contributed by atoms with Crippen molar-refractivity contribution < 1.29 is 14.4 Å². The minimum atomic E-state index is -0.275. The highest BCUT2D eigenvalue weighted by Crippen LogP contribution is 2.21. The van der Waals surface area contributed by atoms with Gasteiger partial charge in [0.15, 0.2) is 0 Å². The van der Waals surface area contributed by atoms with E-state index in [2.05, 4.69) is 17.6 Å². The quantitative estimate of drug-likeness (QED) is 0.626. The predicted octanol–water partition coefficient (Wildman–Crippen LogP) is 4.36. The summed E-state index contributed by atoms with van der Waals surface area (Å²) in [5.74, 6) is -0.561. The average molecular weight is 442 g/mol. The molecule has 0 radical (unpaired) electrons. The molecule has 1 atom stereocenters. The van der Waals surface area contributed by atoms with Crippen LogP contribution in [0.5, 0.6) is 0 Å². The first kappa shape index (κ1) is 22.8. The fraction of sp³-hybridized carbons (Fsp3) is 0.375. The fourth-order valence-electron chi connectivity index (χ4n) is 3.63. The van der Waals surface area contributed by atoms with Gasteiger partial charge in [-0.3, -0.25) is 14.4 Å². The maximum Gasteiger partial charge on any atom is 0.255 e. The van der Waals surface area contributed by atoms with Crippen LogP contribution >= 0.6 is 11.6 Å². The van der Waals surface area contributed by atoms with E-state index in [0.717, 1.165) is 25.7 Å². The van der Waals surface area contributed by atoms with E-state index < -0.39 is 0 Å². The lowest BCUT2D eigenvalue weighted by atomic mass is 9.96. The highest BCUT2D eigenvalue weighted by molar-refractivity contribution is 6.30. The standard InChI is InChI=1S/C24H28ClN3O3/c1-2-3-13-26-22(29)19-7-5-14-28(16-19)24(31)18-6-4-8-21(15-18)27-23(30)17-9-11-20(25)12-10-17/h4,6,8-12,15,19H,2-3,5,7,13-14,16H2,1H3,(H,26,29)(H,27,30)/t19-/m1/s1. The molecule has 1 saturated heterocycles. The summed E-state index contributed by atoms with van der Waals surface area (Å²) in [7, 11) is 0. The van der Waals surface area contributed by atoms with Crippen molar-refractivity contribution in [1.29, 1.82) is 0 Å². The van der Waals surface area contributed by atoms with Crippen molar-refractivity contribution in [3.05, 3.63) is 64.7 Å². The Morgan fingerprint density at radius 1 is 1.10 bits per heavy atom. The van der Waals surface area contributed by atoms with Gasteiger partial charge in [-0.25, -0.2) is 0 Å². The number of piperidine rings is 1. The molecule has 1 aliphatic rings. The number of anilines is 1. The predicted molar refractivity (Wildman–Crippen MR) is 122 cm³/mol. The van der Waals surface area contributed by atoms with Crippen LogP contribution in [0.15, 0.2) is 48.5 Å². The largest absolute Gasteiger partial charge is 0.356 e. The number of carbonyl (C=O) groups excluding carboxylic acids is 3. The van der Waals surface area contributed by atoms with Crippen LogP contribution in [-0.4, -0.2) is 42.3 Å². The van der Waals surface area contributed by atoms with Gasteiger partial charge in [0.2, 0.25) is 5.91 Å². The van der Waals surface area contributed by atoms with Crippen LogP contribution in [-0.2, 0) is 4.79 Å². The van der Waals surface area contributed by atoms with E-state index in [0.29, 0.717) is 41.5 Å². The van der Waals surface area contributed by atoms with Gasteiger partial charge < -0.3 is 15.5 Å². The van der Waals surface area contributed by atoms with Crippen LogP contribution in [0, 0.1) is 5.92 Å². The smallest absolute Gasteiger partial charge is 0.255 e. The lowest BCUT2D eigenvalue weighted by Crippen LogP contribution is -2.45. The van der Waals surface area contributed by atoms with Crippen molar-refractivity contribution >= 4 is 35.0 Å². The van der Waals surface area contributed by atoms with E-state index in [1.165, 1.54) is 0 Å². The summed E-state index contributed by atoms with van der Waals surface area (Å²) in [4.78, 5) is 39.6. The molecule has 164 valence electrons. The van der Waals surface area contributed by atoms with E-state index in [9.17, 15) is 14.4 Å². The summed E-state index contributed by atoms with van der Waals surface area (Å²) < 4.78 is 0. The summed E-state index contributed by atoms with van der Waals surface area (Å²) in [6.07, 6.45) is 3.57. The molecule has 0 unspecified atom stereocenters. The lowest BCUT2D eigenvalue weighted by Gasteiger charge is -2.32. The van der Waals surface area contributed by atoms with Crippen molar-refractivity contribution in [2.24, 2.45) is 5.92 Å². The summed E-state index contributed by atoms with van der Waals surface area (Å²) in [6, 6.07) is 13.5. The molecule has 7 heteroatoms. The van der Waals surface area contributed by atoms with E-state index in [1.54, 1.807) is 53.4 Å². The molecule has 0 aliphatic carbocycles. The normalized spacial score (nSPS) is 15.9. The number of hydrogen-bond donors (Lipinski definition) is 2. The highest BCUT2D eigenvalue weighted by atomic mass is 35.5. The molecule has 1 heterocycles. The second-order valence-electron chi connectivity index (χ2n) is 7.78. The van der Waals surface area contributed by atoms with Gasteiger partial charge in [0.25, 0.3) is 11.8 Å². The number of carbonyl (C=O) groups is 3. The van der Waals surface area contributed by atoms with Gasteiger partial charge in [-0.05, 0) is 61.7 Å². The molecule has 31 heavy (non-hydrogen) atoms. The van der Waals surface area contributed by atoms with Gasteiger partial charge in [-0.15, -0.1) is 0 Å². The van der Waals surface area contributed by atoms with Crippen molar-refractivity contribution in [2.75, 3.05) is 25.0 Å². The van der Waals surface area contributed by atoms with Crippen molar-refractivity contribution in [3.63, 3.8) is 0 Å². The third-order valence-electron chi connectivity index (χ3n) is 5.38. The molecule has 3 rings (SSSR count). The lowest BCUT2D eigenvalue weighted by molar-refractivity contribution is -0.126. The van der Waals surface area contributed by atoms with Gasteiger partial charge in [0.05, 0.1) is 5.92 Å². The van der Waals surface area contributed by atoms with Gasteiger partial charge in [-0.1, -0.05) is 31.0 Å². The van der Waals surface area contributed by atoms with Crippen LogP contribution in [0.4, 0.5) is 5.69 Å². The van der Waals surface area contributed by atoms with E-state index >= 15 is 0 Å². The molecule has 2 aromatic rings. The summed E-state index contributed by atoms with van der Waals surface area (Å²) >= 11 is 5.87. The maximum atomic E-state index is 13.0. The molecule has 1 fully saturated rings. The number of hydrogen-bond acceptors (Lipinski definition) is 3. The summed E-state index contributed by atoms with van der Waals surface area (Å²) in [6.45, 7) is 3.80. The molecule has 3 amide bonds. The topological polar surface area (TPSA) is 78.5 Å². The number of nitrogens with one attached hydrogen (secondary N) is 2. The first-order valence-corrected chi connectivity index (χ1v) is 11.1. The summed E-state index contributed by atoms with van der Waals surface area (Å²) in [5.41, 5.74) is 1.51. The van der Waals surface area contributed by atoms with E-state index in [-0.39, 0.29) is 23.6 Å². The second kappa shape index (κ2) is 11.0. The molecular weight excluding hydrogens is 414 g/mol. The molecule has 6 nitrogen and oxygen atoms in total. The fourth-order valence-corrected chi connectivity index (χ4v) is 3.75. The maximum absolute atomic E-state index is 13.0. The Balaban J connectivity index is 1.63. The zero-order valence-corrected chi connectivity index (χ0v) is 18.5. The van der Waals surface area contributed by atoms with Crippen LogP contribution in [0.1, 0.15) is 53.3 Å². The molecule has 1 aliphatic heterocycles. The Hall–Kier alpha value is -2.86. The van der Waals surface area contributed by atoms with Crippen LogP contribution in [0.2, 0.25) is 5.02 Å². The Labute approximate surface area is 188 Å². The third-order valence-corrected chi connectivity index (χ3v) is 5.63. The molecule has 0 bridgehead atoms. The van der Waals surface area contributed by atoms with Crippen molar-refractivity contribution in [2.45, 2.75) is 32.6 Å². The monoisotopic (exact) mass is 441 g/mol. The number of halogens is 1. The first-order chi connectivity index (χ1) is 15.0.